The van der Waals surface area contributed by atoms with Crippen LogP contribution in [-0.2, 0) is 6.54 Å². The minimum absolute atomic E-state index is 0.599. The molecule has 0 atom stereocenters. The van der Waals surface area contributed by atoms with Gasteiger partial charge in [-0.25, -0.2) is 9.97 Å². The van der Waals surface area contributed by atoms with Crippen molar-refractivity contribution in [2.75, 3.05) is 31.1 Å². The maximum atomic E-state index is 8.98. The van der Waals surface area contributed by atoms with Gasteiger partial charge in [-0.15, -0.1) is 0 Å². The van der Waals surface area contributed by atoms with E-state index < -0.39 is 0 Å². The maximum absolute atomic E-state index is 8.98. The maximum Gasteiger partial charge on any atom is 0.138 e. The Kier molecular flexibility index (Phi) is 5.90. The lowest BCUT2D eigenvalue weighted by molar-refractivity contribution is 0.249. The van der Waals surface area contributed by atoms with E-state index in [2.05, 4.69) is 80.4 Å². The van der Waals surface area contributed by atoms with Gasteiger partial charge in [-0.1, -0.05) is 54.6 Å². The van der Waals surface area contributed by atoms with Gasteiger partial charge in [0.15, 0.2) is 0 Å². The predicted octanol–water partition coefficient (Wildman–Crippen LogP) is 5.49. The summed E-state index contributed by atoms with van der Waals surface area (Å²) in [5.41, 5.74) is 7.47. The Morgan fingerprint density at radius 3 is 2.36 bits per heavy atom. The summed E-state index contributed by atoms with van der Waals surface area (Å²) in [5.74, 6) is 1.84. The van der Waals surface area contributed by atoms with Crippen molar-refractivity contribution < 1.29 is 0 Å². The molecule has 6 rings (SSSR count). The first-order valence-corrected chi connectivity index (χ1v) is 12.2. The van der Waals surface area contributed by atoms with Gasteiger partial charge in [-0.2, -0.15) is 5.26 Å². The number of piperazine rings is 1. The second-order valence-corrected chi connectivity index (χ2v) is 9.16. The van der Waals surface area contributed by atoms with Gasteiger partial charge in [0.1, 0.15) is 17.7 Å². The number of aromatic nitrogens is 3. The molecule has 1 saturated heterocycles. The number of rotatable bonds is 5. The van der Waals surface area contributed by atoms with Crippen LogP contribution in [0.5, 0.6) is 0 Å². The third-order valence-corrected chi connectivity index (χ3v) is 6.79. The van der Waals surface area contributed by atoms with Crippen molar-refractivity contribution in [1.82, 2.24) is 19.9 Å². The lowest BCUT2D eigenvalue weighted by Crippen LogP contribution is -2.46. The molecule has 0 saturated carbocycles. The lowest BCUT2D eigenvalue weighted by atomic mass is 10.0. The number of para-hydroxylation sites is 2. The summed E-state index contributed by atoms with van der Waals surface area (Å²) in [6.07, 6.45) is 1.65. The summed E-state index contributed by atoms with van der Waals surface area (Å²) < 4.78 is 0. The van der Waals surface area contributed by atoms with Crippen LogP contribution in [0.15, 0.2) is 91.1 Å². The summed E-state index contributed by atoms with van der Waals surface area (Å²) in [5, 5.41) is 8.98. The third-order valence-electron chi connectivity index (χ3n) is 6.79. The highest BCUT2D eigenvalue weighted by Crippen LogP contribution is 2.26. The molecule has 0 amide bonds. The zero-order valence-electron chi connectivity index (χ0n) is 19.9. The van der Waals surface area contributed by atoms with Gasteiger partial charge < -0.3 is 9.88 Å². The van der Waals surface area contributed by atoms with E-state index in [1.165, 1.54) is 16.7 Å². The van der Waals surface area contributed by atoms with Crippen LogP contribution in [0.4, 0.5) is 5.82 Å². The first-order valence-electron chi connectivity index (χ1n) is 12.2. The second kappa shape index (κ2) is 9.65. The van der Waals surface area contributed by atoms with Gasteiger partial charge in [0.2, 0.25) is 0 Å². The van der Waals surface area contributed by atoms with Crippen LogP contribution < -0.4 is 4.90 Å². The highest BCUT2D eigenvalue weighted by atomic mass is 15.3. The number of imidazole rings is 1. The molecule has 176 valence electrons. The number of nitrogens with zero attached hydrogens (tertiary/aromatic N) is 5. The smallest absolute Gasteiger partial charge is 0.138 e. The number of nitriles is 1. The fraction of sp³-hybridized carbons (Fsp3) is 0.167. The number of anilines is 1. The molecule has 0 aliphatic carbocycles. The van der Waals surface area contributed by atoms with E-state index in [1.807, 2.05) is 30.3 Å². The summed E-state index contributed by atoms with van der Waals surface area (Å²) in [6.45, 7) is 4.76. The minimum atomic E-state index is 0.599. The number of pyridine rings is 1. The van der Waals surface area contributed by atoms with E-state index in [4.69, 9.17) is 10.2 Å². The van der Waals surface area contributed by atoms with Crippen molar-refractivity contribution in [3.63, 3.8) is 0 Å². The van der Waals surface area contributed by atoms with Crippen molar-refractivity contribution in [3.8, 4) is 28.6 Å². The Morgan fingerprint density at radius 2 is 1.61 bits per heavy atom. The molecule has 0 bridgehead atoms. The molecule has 2 aromatic heterocycles. The first kappa shape index (κ1) is 22.0. The molecule has 6 heteroatoms. The van der Waals surface area contributed by atoms with Crippen LogP contribution in [0, 0.1) is 11.3 Å². The Hall–Kier alpha value is -4.47. The second-order valence-electron chi connectivity index (χ2n) is 9.16. The molecule has 1 N–H and O–H groups in total. The van der Waals surface area contributed by atoms with E-state index in [0.29, 0.717) is 5.56 Å². The molecular formula is C30H26N6. The number of hydrogen-bond acceptors (Lipinski definition) is 5. The van der Waals surface area contributed by atoms with E-state index in [-0.39, 0.29) is 0 Å². The van der Waals surface area contributed by atoms with E-state index in [9.17, 15) is 0 Å². The normalized spacial score (nSPS) is 14.1. The molecule has 6 nitrogen and oxygen atoms in total. The highest BCUT2D eigenvalue weighted by molar-refractivity contribution is 5.79. The molecule has 1 fully saturated rings. The molecule has 5 aromatic rings. The van der Waals surface area contributed by atoms with Gasteiger partial charge in [0, 0.05) is 44.5 Å². The zero-order valence-corrected chi connectivity index (χ0v) is 19.9. The predicted molar refractivity (Wildman–Crippen MR) is 143 cm³/mol. The molecule has 36 heavy (non-hydrogen) atoms. The van der Waals surface area contributed by atoms with Crippen molar-refractivity contribution in [2.45, 2.75) is 6.54 Å². The van der Waals surface area contributed by atoms with Gasteiger partial charge in [0.05, 0.1) is 16.6 Å². The Bertz CT molecular complexity index is 1490. The Balaban J connectivity index is 1.11. The molecule has 1 aliphatic rings. The number of H-pyrrole nitrogens is 1. The fourth-order valence-corrected chi connectivity index (χ4v) is 4.79. The van der Waals surface area contributed by atoms with Gasteiger partial charge in [-0.05, 0) is 47.0 Å². The third kappa shape index (κ3) is 4.57. The van der Waals surface area contributed by atoms with Crippen molar-refractivity contribution in [1.29, 1.82) is 5.26 Å². The molecule has 1 aliphatic heterocycles. The van der Waals surface area contributed by atoms with Crippen LogP contribution in [0.25, 0.3) is 33.5 Å². The van der Waals surface area contributed by atoms with Gasteiger partial charge in [-0.3, -0.25) is 4.90 Å². The quantitative estimate of drug-likeness (QED) is 0.368. The van der Waals surface area contributed by atoms with Crippen molar-refractivity contribution in [2.24, 2.45) is 0 Å². The fourth-order valence-electron chi connectivity index (χ4n) is 4.79. The SMILES string of the molecule is N#Cc1ccc(N2CCN(Cc3cccc(-c4ccc(-c5nc6ccccc6[nH]5)cc4)c3)CC2)nc1. The van der Waals surface area contributed by atoms with E-state index in [0.717, 1.165) is 61.0 Å². The van der Waals surface area contributed by atoms with E-state index >= 15 is 0 Å². The Morgan fingerprint density at radius 1 is 0.806 bits per heavy atom. The molecule has 3 aromatic carbocycles. The number of aromatic amines is 1. The van der Waals surface area contributed by atoms with Crippen LogP contribution in [0.1, 0.15) is 11.1 Å². The average Bonchev–Trinajstić information content (AvgIpc) is 3.38. The molecule has 0 unspecified atom stereocenters. The van der Waals surface area contributed by atoms with Crippen molar-refractivity contribution >= 4 is 16.9 Å². The summed E-state index contributed by atoms with van der Waals surface area (Å²) >= 11 is 0. The standard InChI is InChI=1S/C30H26N6/c31-19-23-8-13-29(32-20-23)36-16-14-35(15-17-36)21-22-4-3-5-26(18-22)24-9-11-25(12-10-24)30-33-27-6-1-2-7-28(27)34-30/h1-13,18,20H,14-17,21H2,(H,33,34). The lowest BCUT2D eigenvalue weighted by Gasteiger charge is -2.35. The minimum Gasteiger partial charge on any atom is -0.354 e. The number of nitrogens with one attached hydrogen (secondary N) is 1. The van der Waals surface area contributed by atoms with Crippen LogP contribution in [0.3, 0.4) is 0 Å². The topological polar surface area (TPSA) is 71.8 Å². The van der Waals surface area contributed by atoms with Gasteiger partial charge in [0.25, 0.3) is 0 Å². The first-order chi connectivity index (χ1) is 17.7. The summed E-state index contributed by atoms with van der Waals surface area (Å²) in [4.78, 5) is 17.3. The van der Waals surface area contributed by atoms with Gasteiger partial charge >= 0.3 is 0 Å². The average molecular weight is 471 g/mol. The summed E-state index contributed by atoms with van der Waals surface area (Å²) in [7, 11) is 0. The van der Waals surface area contributed by atoms with Crippen molar-refractivity contribution in [3.05, 3.63) is 102 Å². The number of benzene rings is 3. The molecular weight excluding hydrogens is 444 g/mol. The highest BCUT2D eigenvalue weighted by Gasteiger charge is 2.18. The zero-order chi connectivity index (χ0) is 24.3. The van der Waals surface area contributed by atoms with Crippen LogP contribution >= 0.6 is 0 Å². The molecule has 0 spiro atoms. The van der Waals surface area contributed by atoms with Crippen LogP contribution in [0.2, 0.25) is 0 Å². The van der Waals surface area contributed by atoms with E-state index in [1.54, 1.807) is 6.20 Å². The molecule has 0 radical (unpaired) electrons. The number of fused-ring (bicyclic) bond motifs is 1. The monoisotopic (exact) mass is 470 g/mol. The Labute approximate surface area is 210 Å². The summed E-state index contributed by atoms with van der Waals surface area (Å²) in [6, 6.07) is 31.5. The van der Waals surface area contributed by atoms with Crippen LogP contribution in [-0.4, -0.2) is 46.0 Å². The largest absolute Gasteiger partial charge is 0.354 e. The number of hydrogen-bond donors (Lipinski definition) is 1. The molecule has 3 heterocycles.